The first-order chi connectivity index (χ1) is 9.74. The minimum atomic E-state index is -4.75. The van der Waals surface area contributed by atoms with Gasteiger partial charge in [0.05, 0.1) is 11.3 Å². The van der Waals surface area contributed by atoms with E-state index in [2.05, 4.69) is 5.10 Å². The summed E-state index contributed by atoms with van der Waals surface area (Å²) in [5, 5.41) is 21.6. The summed E-state index contributed by atoms with van der Waals surface area (Å²) in [4.78, 5) is 11.1. The normalized spacial score (nSPS) is 18.3. The number of hydrogen-bond acceptors (Lipinski definition) is 4. The number of halogens is 4. The fourth-order valence-electron chi connectivity index (χ4n) is 1.85. The molecule has 21 heavy (non-hydrogen) atoms. The van der Waals surface area contributed by atoms with Crippen LogP contribution in [0.1, 0.15) is 12.0 Å². The van der Waals surface area contributed by atoms with Gasteiger partial charge in [0.2, 0.25) is 0 Å². The number of carboxylic acids is 1. The summed E-state index contributed by atoms with van der Waals surface area (Å²) in [5.41, 5.74) is -1.75. The molecule has 1 atom stereocenters. The number of hydrazone groups is 1. The molecule has 0 fully saturated rings. The summed E-state index contributed by atoms with van der Waals surface area (Å²) in [7, 11) is 0. The molecule has 1 aliphatic rings. The average molecular weight is 301 g/mol. The SMILES string of the molecule is N#Cc1cc(N2N=C(C(F)(F)F)CC2C(=O)O)ccc1F. The fraction of sp³-hybridized carbons (Fsp3) is 0.250. The Hall–Kier alpha value is -2.63. The van der Waals surface area contributed by atoms with Gasteiger partial charge in [0.1, 0.15) is 17.6 Å². The van der Waals surface area contributed by atoms with Crippen molar-refractivity contribution in [3.8, 4) is 6.07 Å². The fourth-order valence-corrected chi connectivity index (χ4v) is 1.85. The Morgan fingerprint density at radius 1 is 1.48 bits per heavy atom. The van der Waals surface area contributed by atoms with Crippen molar-refractivity contribution >= 4 is 17.4 Å². The first kappa shape index (κ1) is 14.8. The number of hydrogen-bond donors (Lipinski definition) is 1. The lowest BCUT2D eigenvalue weighted by atomic mass is 10.1. The van der Waals surface area contributed by atoms with Gasteiger partial charge in [-0.1, -0.05) is 0 Å². The molecule has 1 aromatic carbocycles. The molecule has 0 aliphatic carbocycles. The summed E-state index contributed by atoms with van der Waals surface area (Å²) >= 11 is 0. The topological polar surface area (TPSA) is 76.7 Å². The van der Waals surface area contributed by atoms with Gasteiger partial charge >= 0.3 is 12.1 Å². The number of benzene rings is 1. The molecule has 1 N–H and O–H groups in total. The van der Waals surface area contributed by atoms with Crippen molar-refractivity contribution in [3.05, 3.63) is 29.6 Å². The summed E-state index contributed by atoms with van der Waals surface area (Å²) in [6.45, 7) is 0. The van der Waals surface area contributed by atoms with E-state index in [9.17, 15) is 22.4 Å². The molecule has 0 spiro atoms. The second kappa shape index (κ2) is 5.05. The Bertz CT molecular complexity index is 663. The van der Waals surface area contributed by atoms with Crippen molar-refractivity contribution in [1.29, 1.82) is 5.26 Å². The van der Waals surface area contributed by atoms with E-state index < -0.39 is 41.7 Å². The Morgan fingerprint density at radius 3 is 2.67 bits per heavy atom. The van der Waals surface area contributed by atoms with Crippen LogP contribution in [0.4, 0.5) is 23.2 Å². The Balaban J connectivity index is 2.46. The molecule has 1 aliphatic heterocycles. The predicted octanol–water partition coefficient (Wildman–Crippen LogP) is 2.28. The van der Waals surface area contributed by atoms with Crippen LogP contribution in [0.15, 0.2) is 23.3 Å². The van der Waals surface area contributed by atoms with Gasteiger partial charge in [-0.3, -0.25) is 5.01 Å². The zero-order valence-electron chi connectivity index (χ0n) is 10.2. The standard InChI is InChI=1S/C12H7F4N3O2/c13-8-2-1-7(3-6(8)5-17)19-9(11(20)21)4-10(18-19)12(14,15)16/h1-3,9H,4H2,(H,20,21). The highest BCUT2D eigenvalue weighted by molar-refractivity contribution is 5.98. The number of aliphatic carboxylic acids is 1. The zero-order valence-corrected chi connectivity index (χ0v) is 10.2. The van der Waals surface area contributed by atoms with E-state index in [0.29, 0.717) is 5.01 Å². The minimum absolute atomic E-state index is 0.0976. The van der Waals surface area contributed by atoms with Crippen molar-refractivity contribution in [2.75, 3.05) is 5.01 Å². The van der Waals surface area contributed by atoms with Crippen LogP contribution in [-0.2, 0) is 4.79 Å². The van der Waals surface area contributed by atoms with Gasteiger partial charge < -0.3 is 5.11 Å². The molecular weight excluding hydrogens is 294 g/mol. The molecule has 1 unspecified atom stereocenters. The molecule has 0 amide bonds. The van der Waals surface area contributed by atoms with Gasteiger partial charge in [0.15, 0.2) is 6.04 Å². The molecule has 0 aromatic heterocycles. The summed E-state index contributed by atoms with van der Waals surface area (Å²) in [6.07, 6.45) is -5.57. The van der Waals surface area contributed by atoms with E-state index in [1.807, 2.05) is 0 Å². The maximum absolute atomic E-state index is 13.2. The summed E-state index contributed by atoms with van der Waals surface area (Å²) in [6, 6.07) is 2.85. The first-order valence-electron chi connectivity index (χ1n) is 5.60. The number of anilines is 1. The largest absolute Gasteiger partial charge is 0.480 e. The molecular formula is C12H7F4N3O2. The van der Waals surface area contributed by atoms with E-state index >= 15 is 0 Å². The lowest BCUT2D eigenvalue weighted by Crippen LogP contribution is -2.34. The summed E-state index contributed by atoms with van der Waals surface area (Å²) < 4.78 is 51.1. The second-order valence-electron chi connectivity index (χ2n) is 4.22. The minimum Gasteiger partial charge on any atom is -0.480 e. The molecule has 1 aromatic rings. The van der Waals surface area contributed by atoms with Gasteiger partial charge in [-0.25, -0.2) is 9.18 Å². The van der Waals surface area contributed by atoms with Gasteiger partial charge in [-0.2, -0.15) is 23.5 Å². The van der Waals surface area contributed by atoms with Gasteiger partial charge in [0.25, 0.3) is 0 Å². The first-order valence-corrected chi connectivity index (χ1v) is 5.60. The van der Waals surface area contributed by atoms with E-state index in [1.165, 1.54) is 6.07 Å². The number of carbonyl (C=O) groups is 1. The maximum atomic E-state index is 13.2. The van der Waals surface area contributed by atoms with Crippen molar-refractivity contribution in [3.63, 3.8) is 0 Å². The highest BCUT2D eigenvalue weighted by atomic mass is 19.4. The van der Waals surface area contributed by atoms with Crippen molar-refractivity contribution in [2.45, 2.75) is 18.6 Å². The molecule has 1 heterocycles. The van der Waals surface area contributed by atoms with E-state index in [-0.39, 0.29) is 5.69 Å². The average Bonchev–Trinajstić information content (AvgIpc) is 2.84. The quantitative estimate of drug-likeness (QED) is 0.850. The third-order valence-corrected chi connectivity index (χ3v) is 2.86. The third-order valence-electron chi connectivity index (χ3n) is 2.86. The second-order valence-corrected chi connectivity index (χ2v) is 4.22. The highest BCUT2D eigenvalue weighted by Gasteiger charge is 2.45. The third kappa shape index (κ3) is 2.79. The van der Waals surface area contributed by atoms with Gasteiger partial charge in [-0.05, 0) is 18.2 Å². The highest BCUT2D eigenvalue weighted by Crippen LogP contribution is 2.32. The van der Waals surface area contributed by atoms with Crippen LogP contribution in [0.2, 0.25) is 0 Å². The van der Waals surface area contributed by atoms with Crippen LogP contribution in [0.5, 0.6) is 0 Å². The van der Waals surface area contributed by atoms with Crippen LogP contribution < -0.4 is 5.01 Å². The molecule has 0 saturated carbocycles. The molecule has 0 radical (unpaired) electrons. The molecule has 9 heteroatoms. The lowest BCUT2D eigenvalue weighted by Gasteiger charge is -2.20. The van der Waals surface area contributed by atoms with Crippen LogP contribution in [-0.4, -0.2) is 29.0 Å². The summed E-state index contributed by atoms with van der Waals surface area (Å²) in [5.74, 6) is -2.35. The molecule has 0 saturated heterocycles. The van der Waals surface area contributed by atoms with E-state index in [1.54, 1.807) is 0 Å². The Kier molecular flexibility index (Phi) is 3.55. The molecule has 2 rings (SSSR count). The Labute approximate surface area is 115 Å². The number of alkyl halides is 3. The smallest absolute Gasteiger partial charge is 0.431 e. The van der Waals surface area contributed by atoms with E-state index in [4.69, 9.17) is 10.4 Å². The lowest BCUT2D eigenvalue weighted by molar-refractivity contribution is -0.138. The van der Waals surface area contributed by atoms with Crippen LogP contribution in [0, 0.1) is 17.1 Å². The van der Waals surface area contributed by atoms with Crippen molar-refractivity contribution in [2.24, 2.45) is 5.10 Å². The van der Waals surface area contributed by atoms with E-state index in [0.717, 1.165) is 18.2 Å². The number of carboxylic acid groups (broad SMARTS) is 1. The van der Waals surface area contributed by atoms with Crippen LogP contribution >= 0.6 is 0 Å². The Morgan fingerprint density at radius 2 is 2.14 bits per heavy atom. The maximum Gasteiger partial charge on any atom is 0.431 e. The number of nitriles is 1. The predicted molar refractivity (Wildman–Crippen MR) is 63.1 cm³/mol. The molecule has 0 bridgehead atoms. The molecule has 5 nitrogen and oxygen atoms in total. The van der Waals surface area contributed by atoms with Gasteiger partial charge in [-0.15, -0.1) is 0 Å². The monoisotopic (exact) mass is 301 g/mol. The zero-order chi connectivity index (χ0) is 15.8. The van der Waals surface area contributed by atoms with Crippen molar-refractivity contribution in [1.82, 2.24) is 0 Å². The van der Waals surface area contributed by atoms with Gasteiger partial charge in [0, 0.05) is 6.42 Å². The van der Waals surface area contributed by atoms with Crippen molar-refractivity contribution < 1.29 is 27.5 Å². The molecule has 110 valence electrons. The number of rotatable bonds is 2. The number of nitrogens with zero attached hydrogens (tertiary/aromatic N) is 3. The van der Waals surface area contributed by atoms with Crippen LogP contribution in [0.3, 0.4) is 0 Å². The van der Waals surface area contributed by atoms with Crippen LogP contribution in [0.25, 0.3) is 0 Å².